The number of ether oxygens (including phenoxy) is 1. The van der Waals surface area contributed by atoms with Crippen molar-refractivity contribution in [1.29, 1.82) is 0 Å². The number of carbonyl (C=O) groups excluding carboxylic acids is 2. The zero-order valence-corrected chi connectivity index (χ0v) is 18.0. The third kappa shape index (κ3) is 5.34. The van der Waals surface area contributed by atoms with Gasteiger partial charge >= 0.3 is 35.5 Å². The fraction of sp³-hybridized carbons (Fsp3) is 0.348. The van der Waals surface area contributed by atoms with Crippen LogP contribution in [-0.4, -0.2) is 58.3 Å². The van der Waals surface area contributed by atoms with Crippen LogP contribution in [0.4, 0.5) is 11.4 Å². The predicted octanol–water partition coefficient (Wildman–Crippen LogP) is 4.12. The van der Waals surface area contributed by atoms with Crippen LogP contribution in [0.15, 0.2) is 53.4 Å². The van der Waals surface area contributed by atoms with Crippen LogP contribution in [0, 0.1) is 5.41 Å². The molecule has 6 nitrogen and oxygen atoms in total. The molecule has 0 aliphatic carbocycles. The maximum atomic E-state index is 13.9. The molecular weight excluding hydrogens is 425 g/mol. The van der Waals surface area contributed by atoms with Crippen LogP contribution < -0.4 is 9.64 Å². The molecule has 161 valence electrons. The van der Waals surface area contributed by atoms with Crippen molar-refractivity contribution in [3.8, 4) is 5.75 Å². The second-order valence-corrected chi connectivity index (χ2v) is 8.38. The van der Waals surface area contributed by atoms with E-state index in [0.717, 1.165) is 12.8 Å². The molecule has 1 radical (unpaired) electrons. The summed E-state index contributed by atoms with van der Waals surface area (Å²) in [7, 11) is 0. The average molecular weight is 453 g/mol. The van der Waals surface area contributed by atoms with Gasteiger partial charge in [-0.25, -0.2) is 4.79 Å². The molecule has 1 aliphatic heterocycles. The number of amides is 1. The molecule has 3 rings (SSSR count). The Labute approximate surface area is 208 Å². The van der Waals surface area contributed by atoms with E-state index in [4.69, 9.17) is 9.84 Å². The summed E-state index contributed by atoms with van der Waals surface area (Å²) in [5.41, 5.74) is 0.128. The summed E-state index contributed by atoms with van der Waals surface area (Å²) in [5, 5.41) is 8.82. The zero-order valence-electron chi connectivity index (χ0n) is 17.1. The predicted molar refractivity (Wildman–Crippen MR) is 125 cm³/mol. The summed E-state index contributed by atoms with van der Waals surface area (Å²) in [4.78, 5) is 40.5. The van der Waals surface area contributed by atoms with Crippen LogP contribution in [0.1, 0.15) is 39.5 Å². The molecule has 0 spiro atoms. The topological polar surface area (TPSA) is 83.9 Å². The van der Waals surface area contributed by atoms with E-state index < -0.39 is 18.0 Å². The number of hydrogen-bond acceptors (Lipinski definition) is 4. The Morgan fingerprint density at radius 3 is 2.45 bits per heavy atom. The van der Waals surface area contributed by atoms with E-state index in [0.29, 0.717) is 46.6 Å². The molecule has 1 amide bonds. The van der Waals surface area contributed by atoms with Crippen LogP contribution in [0.3, 0.4) is 0 Å². The summed E-state index contributed by atoms with van der Waals surface area (Å²) in [6.07, 6.45) is 2.61. The number of nitrogens with zero attached hydrogens (tertiary/aromatic N) is 1. The van der Waals surface area contributed by atoms with E-state index in [9.17, 15) is 14.4 Å². The quantitative estimate of drug-likeness (QED) is 0.358. The van der Waals surface area contributed by atoms with E-state index >= 15 is 0 Å². The van der Waals surface area contributed by atoms with E-state index in [1.54, 1.807) is 23.1 Å². The van der Waals surface area contributed by atoms with Gasteiger partial charge in [0.15, 0.2) is 11.7 Å². The van der Waals surface area contributed by atoms with Crippen LogP contribution in [-0.2, 0) is 14.4 Å². The van der Waals surface area contributed by atoms with Crippen molar-refractivity contribution >= 4 is 69.7 Å². The van der Waals surface area contributed by atoms with Gasteiger partial charge in [-0.2, -0.15) is 0 Å². The summed E-state index contributed by atoms with van der Waals surface area (Å²) in [6, 6.07) is 14.2. The number of anilines is 2. The fourth-order valence-corrected chi connectivity index (χ4v) is 4.87. The minimum atomic E-state index is -1.09. The van der Waals surface area contributed by atoms with Crippen LogP contribution in [0.25, 0.3) is 0 Å². The number of rotatable bonds is 8. The van der Waals surface area contributed by atoms with Crippen molar-refractivity contribution in [1.82, 2.24) is 0 Å². The number of thiol groups is 1. The summed E-state index contributed by atoms with van der Waals surface area (Å²) in [6.45, 7) is 3.45. The number of fused-ring (bicyclic) bond motifs is 1. The molecule has 2 aromatic rings. The molecule has 0 saturated carbocycles. The summed E-state index contributed by atoms with van der Waals surface area (Å²) in [5.74, 6) is -0.986. The Morgan fingerprint density at radius 1 is 1.13 bits per heavy atom. The molecule has 1 N–H and O–H groups in total. The number of carbonyl (C=O) groups is 3. The first-order valence-corrected chi connectivity index (χ1v) is 11.0. The molecule has 31 heavy (non-hydrogen) atoms. The molecule has 0 saturated heterocycles. The second-order valence-electron chi connectivity index (χ2n) is 7.27. The summed E-state index contributed by atoms with van der Waals surface area (Å²) < 4.78 is 5.34. The van der Waals surface area contributed by atoms with Crippen molar-refractivity contribution in [3.63, 3.8) is 0 Å². The first-order chi connectivity index (χ1) is 14.4. The van der Waals surface area contributed by atoms with Crippen LogP contribution >= 0.6 is 11.8 Å². The monoisotopic (exact) mass is 452 g/mol. The van der Waals surface area contributed by atoms with Gasteiger partial charge in [0.1, 0.15) is 11.2 Å². The summed E-state index contributed by atoms with van der Waals surface area (Å²) >= 11 is 0.462. The van der Waals surface area contributed by atoms with Gasteiger partial charge in [-0.15, -0.1) is 11.8 Å². The van der Waals surface area contributed by atoms with Crippen molar-refractivity contribution in [3.05, 3.63) is 48.5 Å². The Hall–Kier alpha value is -1.80. The van der Waals surface area contributed by atoms with E-state index in [1.807, 2.05) is 44.2 Å². The van der Waals surface area contributed by atoms with Gasteiger partial charge in [0, 0.05) is 16.6 Å². The van der Waals surface area contributed by atoms with Gasteiger partial charge in [-0.3, -0.25) is 14.5 Å². The molecule has 1 aliphatic rings. The van der Waals surface area contributed by atoms with Gasteiger partial charge < -0.3 is 9.84 Å². The number of carboxylic acids is 1. The molecule has 0 bridgehead atoms. The molecule has 0 aromatic heterocycles. The number of unbranched alkanes of at least 4 members (excludes halogenated alkanes) is 1. The molecular formula is C23H27NNaO5S. The standard InChI is InChI=1S/C23H26NO5S.Na.H/c1-3-5-13-23(4-2)21(27)24(16-9-7-6-8-10-16)18-14-17(29-15-20(25)26)11-12-19(18)30-22(23)28;;/h6-12,14,30H,3-5,13,15H2,1-2H3,(H,25,26);;. The van der Waals surface area contributed by atoms with Crippen molar-refractivity contribution in [2.45, 2.75) is 44.4 Å². The molecule has 1 heterocycles. The second kappa shape index (κ2) is 11.2. The number of benzene rings is 2. The third-order valence-corrected chi connectivity index (χ3v) is 6.62. The van der Waals surface area contributed by atoms with Gasteiger partial charge in [0.2, 0.25) is 5.91 Å². The number of carboxylic acid groups (broad SMARTS) is 1. The molecule has 8 heteroatoms. The van der Waals surface area contributed by atoms with Crippen LogP contribution in [0.5, 0.6) is 5.75 Å². The SMILES string of the molecule is CCCCC1(CC)C(=O)[SH]c2ccc(OCC(=O)O)cc2N(c2ccccc2)C1=O.[NaH]. The first-order valence-electron chi connectivity index (χ1n) is 10.1. The van der Waals surface area contributed by atoms with E-state index in [2.05, 4.69) is 0 Å². The molecule has 1 unspecified atom stereocenters. The normalized spacial score (nSPS) is 18.1. The number of aliphatic carboxylic acids is 1. The molecule has 1 atom stereocenters. The van der Waals surface area contributed by atoms with Gasteiger partial charge in [0.05, 0.1) is 5.69 Å². The molecule has 2 aromatic carbocycles. The van der Waals surface area contributed by atoms with Crippen molar-refractivity contribution in [2.75, 3.05) is 11.5 Å². The Kier molecular flexibility index (Phi) is 9.18. The first kappa shape index (κ1) is 25.5. The van der Waals surface area contributed by atoms with Crippen molar-refractivity contribution < 1.29 is 24.2 Å². The van der Waals surface area contributed by atoms with Crippen molar-refractivity contribution in [2.24, 2.45) is 5.41 Å². The Morgan fingerprint density at radius 2 is 1.84 bits per heavy atom. The van der Waals surface area contributed by atoms with Gasteiger partial charge in [-0.05, 0) is 37.1 Å². The Bertz CT molecular complexity index is 952. The minimum absolute atomic E-state index is 0. The van der Waals surface area contributed by atoms with E-state index in [1.165, 1.54) is 0 Å². The van der Waals surface area contributed by atoms with Gasteiger partial charge in [0.25, 0.3) is 0 Å². The zero-order chi connectivity index (χ0) is 21.7. The fourth-order valence-electron chi connectivity index (χ4n) is 3.65. The van der Waals surface area contributed by atoms with Crippen LogP contribution in [0.2, 0.25) is 0 Å². The average Bonchev–Trinajstić information content (AvgIpc) is 2.83. The van der Waals surface area contributed by atoms with E-state index in [-0.39, 0.29) is 40.6 Å². The number of hydrogen-bond donors (Lipinski definition) is 2. The maximum absolute atomic E-state index is 13.9. The van der Waals surface area contributed by atoms with Gasteiger partial charge in [-0.1, -0.05) is 44.9 Å². The third-order valence-electron chi connectivity index (χ3n) is 5.37. The molecule has 0 fully saturated rings. The number of para-hydroxylation sites is 1. The Balaban J connectivity index is 0.00000341.